The molecule has 0 radical (unpaired) electrons. The van der Waals surface area contributed by atoms with E-state index in [9.17, 15) is 4.39 Å². The third-order valence-electron chi connectivity index (χ3n) is 5.79. The summed E-state index contributed by atoms with van der Waals surface area (Å²) in [6, 6.07) is 8.55. The highest BCUT2D eigenvalue weighted by Crippen LogP contribution is 2.28. The number of pyridine rings is 1. The topological polar surface area (TPSA) is 123 Å². The van der Waals surface area contributed by atoms with Crippen LogP contribution in [-0.2, 0) is 4.79 Å². The maximum atomic E-state index is 15.0. The smallest absolute Gasteiger partial charge is 0.316 e. The number of nitrogens with zero attached hydrogens (tertiary/aromatic N) is 4. The molecule has 214 valence electrons. The second-order valence-corrected chi connectivity index (χ2v) is 9.04. The summed E-state index contributed by atoms with van der Waals surface area (Å²) < 4.78 is 39.2. The van der Waals surface area contributed by atoms with Crippen LogP contribution in [0.25, 0.3) is 33.7 Å². The molecule has 0 amide bonds. The lowest BCUT2D eigenvalue weighted by Crippen LogP contribution is -2.20. The predicted octanol–water partition coefficient (Wildman–Crippen LogP) is 6.79. The van der Waals surface area contributed by atoms with Gasteiger partial charge in [-0.1, -0.05) is 26.3 Å². The van der Waals surface area contributed by atoms with Crippen molar-refractivity contribution in [2.45, 2.75) is 72.1 Å². The Morgan fingerprint density at radius 1 is 1.07 bits per heavy atom. The van der Waals surface area contributed by atoms with E-state index in [-0.39, 0.29) is 18.6 Å². The molecule has 3 aromatic heterocycles. The quantitative estimate of drug-likeness (QED) is 0.256. The van der Waals surface area contributed by atoms with Crippen molar-refractivity contribution in [3.8, 4) is 34.4 Å². The molecule has 1 unspecified atom stereocenters. The van der Waals surface area contributed by atoms with Crippen LogP contribution < -0.4 is 9.47 Å². The fourth-order valence-electron chi connectivity index (χ4n) is 4.03. The van der Waals surface area contributed by atoms with Gasteiger partial charge in [-0.15, -0.1) is 0 Å². The van der Waals surface area contributed by atoms with Gasteiger partial charge in [0.25, 0.3) is 5.97 Å². The molecule has 40 heavy (non-hydrogen) atoms. The molecule has 5 rings (SSSR count). The van der Waals surface area contributed by atoms with Crippen molar-refractivity contribution >= 4 is 17.1 Å². The average Bonchev–Trinajstić information content (AvgIpc) is 3.37. The second kappa shape index (κ2) is 14.9. The van der Waals surface area contributed by atoms with Gasteiger partial charge in [0.05, 0.1) is 11.1 Å². The maximum Gasteiger partial charge on any atom is 0.316 e. The first-order valence-corrected chi connectivity index (χ1v) is 13.4. The number of aliphatic carboxylic acids is 1. The van der Waals surface area contributed by atoms with E-state index in [0.29, 0.717) is 39.7 Å². The molecule has 0 aliphatic heterocycles. The third-order valence-corrected chi connectivity index (χ3v) is 5.79. The monoisotopic (exact) mass is 555 g/mol. The van der Waals surface area contributed by atoms with Gasteiger partial charge in [-0.3, -0.25) is 4.79 Å². The minimum atomic E-state index is -1.11. The standard InChI is InChI=1S/C25H25F2N5O2.C2H4O2.C2H6/c1-15(26)14-33-22-10-9-21-24(31-22)32-23(30-21)19-8-7-16(11-20(19)27)17-12-28-25(29-13-17)34-18-5-3-2-4-6-18;1-2(3)4;1-2/h7-13,15,18H,2-6,14H2,1H3,(H,30,31,32);1H3,(H,3,4);1-2H3. The Hall–Kier alpha value is -4.15. The number of nitrogens with one attached hydrogen (secondary N) is 1. The number of rotatable bonds is 7. The number of carbonyl (C=O) groups is 1. The zero-order chi connectivity index (χ0) is 29.1. The molecule has 3 heterocycles. The Kier molecular flexibility index (Phi) is 11.3. The molecule has 1 aromatic carbocycles. The molecule has 1 fully saturated rings. The Balaban J connectivity index is 0.000000677. The summed E-state index contributed by atoms with van der Waals surface area (Å²) >= 11 is 0. The number of halogens is 2. The number of H-pyrrole nitrogens is 1. The Labute approximate surface area is 232 Å². The molecular weight excluding hydrogens is 520 g/mol. The Morgan fingerprint density at radius 3 is 2.38 bits per heavy atom. The molecule has 1 aliphatic carbocycles. The van der Waals surface area contributed by atoms with E-state index < -0.39 is 18.0 Å². The summed E-state index contributed by atoms with van der Waals surface area (Å²) in [5.74, 6) is -0.668. The van der Waals surface area contributed by atoms with Crippen LogP contribution in [-0.4, -0.2) is 54.9 Å². The summed E-state index contributed by atoms with van der Waals surface area (Å²) in [5, 5.41) is 7.42. The van der Waals surface area contributed by atoms with Crippen molar-refractivity contribution in [1.82, 2.24) is 24.9 Å². The van der Waals surface area contributed by atoms with Crippen LogP contribution >= 0.6 is 0 Å². The number of benzene rings is 1. The number of fused-ring (bicyclic) bond motifs is 1. The SMILES string of the molecule is CC.CC(=O)O.CC(F)COc1ccc2[nH]c(-c3ccc(-c4cnc(OC5CCCCC5)nc4)cc3F)nc2n1. The highest BCUT2D eigenvalue weighted by molar-refractivity contribution is 5.77. The zero-order valence-corrected chi connectivity index (χ0v) is 23.2. The lowest BCUT2D eigenvalue weighted by Gasteiger charge is -2.21. The van der Waals surface area contributed by atoms with E-state index in [2.05, 4.69) is 24.9 Å². The number of imidazole rings is 1. The first kappa shape index (κ1) is 30.4. The number of alkyl halides is 1. The molecular formula is C29H35F2N5O4. The lowest BCUT2D eigenvalue weighted by molar-refractivity contribution is -0.134. The minimum absolute atomic E-state index is 0.0940. The number of aromatic amines is 1. The number of ether oxygens (including phenoxy) is 2. The molecule has 11 heteroatoms. The predicted molar refractivity (Wildman–Crippen MR) is 149 cm³/mol. The third kappa shape index (κ3) is 8.69. The van der Waals surface area contributed by atoms with Crippen molar-refractivity contribution in [3.05, 3.63) is 48.5 Å². The van der Waals surface area contributed by atoms with Gasteiger partial charge >= 0.3 is 6.01 Å². The molecule has 0 bridgehead atoms. The van der Waals surface area contributed by atoms with Gasteiger partial charge in [0.2, 0.25) is 5.88 Å². The molecule has 1 atom stereocenters. The van der Waals surface area contributed by atoms with Crippen molar-refractivity contribution in [2.24, 2.45) is 0 Å². The molecule has 2 N–H and O–H groups in total. The average molecular weight is 556 g/mol. The van der Waals surface area contributed by atoms with Crippen LogP contribution in [0.15, 0.2) is 42.7 Å². The van der Waals surface area contributed by atoms with Gasteiger partial charge in [0, 0.05) is 30.9 Å². The van der Waals surface area contributed by atoms with Gasteiger partial charge < -0.3 is 19.6 Å². The second-order valence-electron chi connectivity index (χ2n) is 9.04. The normalized spacial score (nSPS) is 13.8. The summed E-state index contributed by atoms with van der Waals surface area (Å²) in [6.45, 7) is 6.40. The van der Waals surface area contributed by atoms with Gasteiger partial charge in [0.1, 0.15) is 30.5 Å². The van der Waals surface area contributed by atoms with Crippen molar-refractivity contribution in [3.63, 3.8) is 0 Å². The molecule has 0 spiro atoms. The summed E-state index contributed by atoms with van der Waals surface area (Å²) in [7, 11) is 0. The molecule has 4 aromatic rings. The van der Waals surface area contributed by atoms with Gasteiger partial charge in [-0.25, -0.2) is 23.7 Å². The summed E-state index contributed by atoms with van der Waals surface area (Å²) in [4.78, 5) is 29.3. The highest BCUT2D eigenvalue weighted by Gasteiger charge is 2.17. The van der Waals surface area contributed by atoms with Crippen LogP contribution in [0, 0.1) is 5.82 Å². The van der Waals surface area contributed by atoms with Crippen LogP contribution in [0.4, 0.5) is 8.78 Å². The Bertz CT molecular complexity index is 1370. The fraction of sp³-hybridized carbons (Fsp3) is 0.414. The van der Waals surface area contributed by atoms with Crippen molar-refractivity contribution in [1.29, 1.82) is 0 Å². The first-order valence-electron chi connectivity index (χ1n) is 13.4. The van der Waals surface area contributed by atoms with E-state index >= 15 is 4.39 Å². The molecule has 9 nitrogen and oxygen atoms in total. The number of hydrogen-bond donors (Lipinski definition) is 2. The minimum Gasteiger partial charge on any atom is -0.481 e. The van der Waals surface area contributed by atoms with Crippen LogP contribution in [0.2, 0.25) is 0 Å². The van der Waals surface area contributed by atoms with E-state index in [1.165, 1.54) is 32.3 Å². The van der Waals surface area contributed by atoms with E-state index in [4.69, 9.17) is 19.4 Å². The summed E-state index contributed by atoms with van der Waals surface area (Å²) in [6.07, 6.45) is 8.00. The van der Waals surface area contributed by atoms with E-state index in [1.54, 1.807) is 36.7 Å². The largest absolute Gasteiger partial charge is 0.481 e. The van der Waals surface area contributed by atoms with Crippen LogP contribution in [0.5, 0.6) is 11.9 Å². The highest BCUT2D eigenvalue weighted by atomic mass is 19.1. The van der Waals surface area contributed by atoms with Crippen LogP contribution in [0.1, 0.15) is 59.8 Å². The van der Waals surface area contributed by atoms with E-state index in [1.807, 2.05) is 13.8 Å². The number of carboxylic acid groups (broad SMARTS) is 1. The van der Waals surface area contributed by atoms with Gasteiger partial charge in [-0.2, -0.15) is 4.98 Å². The number of aromatic nitrogens is 5. The van der Waals surface area contributed by atoms with Gasteiger partial charge in [-0.05, 0) is 56.4 Å². The van der Waals surface area contributed by atoms with E-state index in [0.717, 1.165) is 19.8 Å². The fourth-order valence-corrected chi connectivity index (χ4v) is 4.03. The number of hydrogen-bond acceptors (Lipinski definition) is 7. The van der Waals surface area contributed by atoms with Crippen molar-refractivity contribution in [2.75, 3.05) is 6.61 Å². The van der Waals surface area contributed by atoms with Gasteiger partial charge in [0.15, 0.2) is 5.65 Å². The Morgan fingerprint density at radius 2 is 1.75 bits per heavy atom. The molecule has 1 aliphatic rings. The lowest BCUT2D eigenvalue weighted by atomic mass is 9.98. The maximum absolute atomic E-state index is 15.0. The van der Waals surface area contributed by atoms with Crippen molar-refractivity contribution < 1.29 is 28.2 Å². The first-order chi connectivity index (χ1) is 19.3. The molecule has 0 saturated heterocycles. The molecule has 1 saturated carbocycles. The zero-order valence-electron chi connectivity index (χ0n) is 23.2. The summed E-state index contributed by atoms with van der Waals surface area (Å²) in [5.41, 5.74) is 2.64. The van der Waals surface area contributed by atoms with Crippen LogP contribution in [0.3, 0.4) is 0 Å². The number of carboxylic acids is 1.